The van der Waals surface area contributed by atoms with E-state index in [1.807, 2.05) is 27.8 Å². The molecule has 3 rings (SSSR count). The predicted octanol–water partition coefficient (Wildman–Crippen LogP) is 4.57. The third-order valence-electron chi connectivity index (χ3n) is 5.98. The molecule has 3 aliphatic rings. The molecule has 0 aromatic carbocycles. The Morgan fingerprint density at radius 2 is 2.04 bits per heavy atom. The minimum absolute atomic E-state index is 0.0459. The summed E-state index contributed by atoms with van der Waals surface area (Å²) in [4.78, 5) is 14.1. The summed E-state index contributed by atoms with van der Waals surface area (Å²) in [5, 5.41) is 3.79. The Morgan fingerprint density at radius 3 is 2.69 bits per heavy atom. The molecule has 146 valence electrons. The van der Waals surface area contributed by atoms with Crippen molar-refractivity contribution in [2.24, 2.45) is 11.8 Å². The van der Waals surface area contributed by atoms with Crippen molar-refractivity contribution in [3.05, 3.63) is 24.1 Å². The van der Waals surface area contributed by atoms with Crippen molar-refractivity contribution in [1.29, 1.82) is 0 Å². The second-order valence-electron chi connectivity index (χ2n) is 9.09. The molecule has 2 aliphatic carbocycles. The Bertz CT molecular complexity index is 581. The highest BCUT2D eigenvalue weighted by atomic mass is 19.1. The number of carbonyl (C=O) groups excluding carboxylic acids is 1. The molecule has 1 heterocycles. The van der Waals surface area contributed by atoms with Gasteiger partial charge in [-0.05, 0) is 71.1 Å². The Kier molecular flexibility index (Phi) is 5.75. The van der Waals surface area contributed by atoms with E-state index in [0.29, 0.717) is 30.3 Å². The average molecular weight is 365 g/mol. The number of hydrogen-bond acceptors (Lipinski definition) is 3. The molecule has 0 aromatic heterocycles. The zero-order valence-corrected chi connectivity index (χ0v) is 16.5. The second-order valence-corrected chi connectivity index (χ2v) is 9.09. The number of carbonyl (C=O) groups is 1. The Labute approximate surface area is 156 Å². The van der Waals surface area contributed by atoms with E-state index < -0.39 is 5.60 Å². The molecule has 0 radical (unpaired) electrons. The van der Waals surface area contributed by atoms with Gasteiger partial charge in [0.25, 0.3) is 0 Å². The van der Waals surface area contributed by atoms with Crippen molar-refractivity contribution >= 4 is 6.09 Å². The van der Waals surface area contributed by atoms with Gasteiger partial charge in [-0.2, -0.15) is 0 Å². The minimum Gasteiger partial charge on any atom is -0.444 e. The molecule has 1 aliphatic heterocycles. The lowest BCUT2D eigenvalue weighted by molar-refractivity contribution is 0.0154. The zero-order chi connectivity index (χ0) is 18.9. The quantitative estimate of drug-likeness (QED) is 0.730. The molecule has 26 heavy (non-hydrogen) atoms. The lowest BCUT2D eigenvalue weighted by atomic mass is 9.76. The fourth-order valence-corrected chi connectivity index (χ4v) is 4.44. The van der Waals surface area contributed by atoms with Crippen LogP contribution < -0.4 is 5.32 Å². The van der Waals surface area contributed by atoms with E-state index in [1.165, 1.54) is 0 Å². The lowest BCUT2D eigenvalue weighted by Crippen LogP contribution is -2.53. The Morgan fingerprint density at radius 1 is 1.27 bits per heavy atom. The monoisotopic (exact) mass is 364 g/mol. The third kappa shape index (κ3) is 4.67. The highest BCUT2D eigenvalue weighted by Crippen LogP contribution is 2.35. The van der Waals surface area contributed by atoms with Crippen molar-refractivity contribution < 1.29 is 13.9 Å². The van der Waals surface area contributed by atoms with Crippen LogP contribution in [0, 0.1) is 11.8 Å². The fraction of sp³-hybridized carbons (Fsp3) is 0.762. The van der Waals surface area contributed by atoms with Gasteiger partial charge in [0.05, 0.1) is 5.83 Å². The highest BCUT2D eigenvalue weighted by molar-refractivity contribution is 5.68. The van der Waals surface area contributed by atoms with Gasteiger partial charge >= 0.3 is 6.09 Å². The molecule has 4 unspecified atom stereocenters. The van der Waals surface area contributed by atoms with Crippen LogP contribution in [0.2, 0.25) is 0 Å². The lowest BCUT2D eigenvalue weighted by Gasteiger charge is -2.44. The summed E-state index contributed by atoms with van der Waals surface area (Å²) in [5.74, 6) is 0.990. The summed E-state index contributed by atoms with van der Waals surface area (Å²) >= 11 is 0. The average Bonchev–Trinajstić information content (AvgIpc) is 2.59. The van der Waals surface area contributed by atoms with E-state index in [4.69, 9.17) is 4.74 Å². The van der Waals surface area contributed by atoms with Crippen molar-refractivity contribution in [3.8, 4) is 0 Å². The number of nitrogens with one attached hydrogen (secondary N) is 1. The fourth-order valence-electron chi connectivity index (χ4n) is 4.44. The van der Waals surface area contributed by atoms with E-state index in [1.54, 1.807) is 11.0 Å². The highest BCUT2D eigenvalue weighted by Gasteiger charge is 2.37. The maximum absolute atomic E-state index is 13.3. The first kappa shape index (κ1) is 19.4. The van der Waals surface area contributed by atoms with Crippen LogP contribution in [-0.4, -0.2) is 41.8 Å². The topological polar surface area (TPSA) is 41.6 Å². The van der Waals surface area contributed by atoms with E-state index in [9.17, 15) is 9.18 Å². The molecule has 1 fully saturated rings. The van der Waals surface area contributed by atoms with Crippen molar-refractivity contribution in [1.82, 2.24) is 10.2 Å². The van der Waals surface area contributed by atoms with Crippen LogP contribution in [0.5, 0.6) is 0 Å². The van der Waals surface area contributed by atoms with Crippen molar-refractivity contribution in [3.63, 3.8) is 0 Å². The van der Waals surface area contributed by atoms with Crippen LogP contribution in [0.15, 0.2) is 24.1 Å². The van der Waals surface area contributed by atoms with Crippen LogP contribution in [0.25, 0.3) is 0 Å². The van der Waals surface area contributed by atoms with Gasteiger partial charge in [0.2, 0.25) is 0 Å². The first-order valence-electron chi connectivity index (χ1n) is 9.97. The maximum atomic E-state index is 13.3. The minimum atomic E-state index is -0.462. The number of hydrogen-bond donors (Lipinski definition) is 1. The first-order chi connectivity index (χ1) is 12.2. The van der Waals surface area contributed by atoms with Crippen LogP contribution >= 0.6 is 0 Å². The molecule has 1 amide bonds. The summed E-state index contributed by atoms with van der Waals surface area (Å²) in [5.41, 5.74) is -0.462. The molecule has 5 atom stereocenters. The number of nitrogens with zero attached hydrogens (tertiary/aromatic N) is 1. The van der Waals surface area contributed by atoms with E-state index in [2.05, 4.69) is 17.5 Å². The Hall–Kier alpha value is -1.36. The van der Waals surface area contributed by atoms with Crippen LogP contribution in [0.4, 0.5) is 9.18 Å². The van der Waals surface area contributed by atoms with Gasteiger partial charge in [0.1, 0.15) is 5.60 Å². The van der Waals surface area contributed by atoms with E-state index >= 15 is 0 Å². The van der Waals surface area contributed by atoms with Gasteiger partial charge in [-0.25, -0.2) is 9.18 Å². The molecule has 5 heteroatoms. The zero-order valence-electron chi connectivity index (χ0n) is 16.5. The number of halogens is 1. The van der Waals surface area contributed by atoms with Crippen molar-refractivity contribution in [2.75, 3.05) is 7.05 Å². The number of allylic oxidation sites excluding steroid dienone is 2. The van der Waals surface area contributed by atoms with Gasteiger partial charge in [0.15, 0.2) is 0 Å². The molecular formula is C21H33FN2O2. The van der Waals surface area contributed by atoms with E-state index in [-0.39, 0.29) is 18.0 Å². The normalized spacial score (nSPS) is 34.7. The standard InChI is InChI=1S/C21H33FN2O2/c1-21(2,3)26-20(25)24(4)17-10-12-19-15(13-17)7-11-18(23-19)14-5-8-16(22)9-6-14/h7-8,11,14-15,17-19,23H,5-6,9-10,12-13H2,1-4H3/t14?,15?,17?,18-,19?/m0/s1. The summed E-state index contributed by atoms with van der Waals surface area (Å²) < 4.78 is 18.8. The van der Waals surface area contributed by atoms with Crippen molar-refractivity contribution in [2.45, 2.75) is 83.0 Å². The molecule has 4 nitrogen and oxygen atoms in total. The molecule has 0 aromatic rings. The van der Waals surface area contributed by atoms with Crippen LogP contribution in [0.1, 0.15) is 59.3 Å². The number of ether oxygens (including phenoxy) is 1. The summed E-state index contributed by atoms with van der Waals surface area (Å²) in [6.07, 6.45) is 11.5. The smallest absolute Gasteiger partial charge is 0.410 e. The molecule has 1 saturated carbocycles. The van der Waals surface area contributed by atoms with Gasteiger partial charge in [-0.1, -0.05) is 18.2 Å². The maximum Gasteiger partial charge on any atom is 0.410 e. The molecule has 0 bridgehead atoms. The second kappa shape index (κ2) is 7.71. The first-order valence-corrected chi connectivity index (χ1v) is 9.97. The summed E-state index contributed by atoms with van der Waals surface area (Å²) in [6.45, 7) is 5.70. The van der Waals surface area contributed by atoms with E-state index in [0.717, 1.165) is 32.1 Å². The molecule has 0 saturated heterocycles. The van der Waals surface area contributed by atoms with Crippen LogP contribution in [-0.2, 0) is 4.74 Å². The van der Waals surface area contributed by atoms with Gasteiger partial charge in [-0.3, -0.25) is 0 Å². The molecule has 0 spiro atoms. The van der Waals surface area contributed by atoms with Gasteiger partial charge < -0.3 is 15.0 Å². The Balaban J connectivity index is 1.57. The number of rotatable bonds is 2. The van der Waals surface area contributed by atoms with Gasteiger partial charge in [0, 0.05) is 25.2 Å². The predicted molar refractivity (Wildman–Crippen MR) is 102 cm³/mol. The van der Waals surface area contributed by atoms with Gasteiger partial charge in [-0.15, -0.1) is 0 Å². The molecule has 1 N–H and O–H groups in total. The number of amides is 1. The molecular weight excluding hydrogens is 331 g/mol. The number of fused-ring (bicyclic) bond motifs is 1. The van der Waals surface area contributed by atoms with Crippen LogP contribution in [0.3, 0.4) is 0 Å². The third-order valence-corrected chi connectivity index (χ3v) is 5.98. The SMILES string of the molecule is CN(C(=O)OC(C)(C)C)C1CCC2N[C@H](C3CC=C(F)CC3)C=CC2C1. The summed E-state index contributed by atoms with van der Waals surface area (Å²) in [6, 6.07) is 1.03. The largest absolute Gasteiger partial charge is 0.444 e. The summed E-state index contributed by atoms with van der Waals surface area (Å²) in [7, 11) is 1.85.